The quantitative estimate of drug-likeness (QED) is 0.0764. The standard InChI is InChI=1S/C30H33ClFN5O8S2/c1-30(2,3)45-29(41)35-28-33-20(16-47-28)21(36-44-13-12-32)24(38)34-22-25(39)37-23(18(6-5-11-31)15-46-26(22)37)27(40)43-14-17-7-9-19(42-4)10-8-17/h5-10,16,22,26H,11-15H2,1-4H3,(H,34,38)(H,33,35,41)/b6-5+,36-21-/t22-,26-/m1/s1. The van der Waals surface area contributed by atoms with Crippen LogP contribution in [0.25, 0.3) is 0 Å². The number of benzene rings is 1. The Balaban J connectivity index is 1.49. The van der Waals surface area contributed by atoms with Crippen molar-refractivity contribution in [3.05, 3.63) is 64.3 Å². The summed E-state index contributed by atoms with van der Waals surface area (Å²) < 4.78 is 28.7. The van der Waals surface area contributed by atoms with E-state index in [2.05, 4.69) is 20.8 Å². The number of anilines is 1. The van der Waals surface area contributed by atoms with Crippen LogP contribution in [0.4, 0.5) is 14.3 Å². The molecule has 3 heterocycles. The third-order valence-corrected chi connectivity index (χ3v) is 8.55. The summed E-state index contributed by atoms with van der Waals surface area (Å²) in [4.78, 5) is 62.8. The van der Waals surface area contributed by atoms with E-state index >= 15 is 0 Å². The largest absolute Gasteiger partial charge is 0.497 e. The summed E-state index contributed by atoms with van der Waals surface area (Å²) in [5, 5.41) is 9.75. The van der Waals surface area contributed by atoms with Crippen LogP contribution in [0.1, 0.15) is 32.0 Å². The summed E-state index contributed by atoms with van der Waals surface area (Å²) >= 11 is 8.15. The molecule has 0 spiro atoms. The summed E-state index contributed by atoms with van der Waals surface area (Å²) in [6.45, 7) is 3.77. The van der Waals surface area contributed by atoms with Gasteiger partial charge < -0.3 is 24.4 Å². The lowest BCUT2D eigenvalue weighted by Crippen LogP contribution is -2.71. The molecule has 0 saturated carbocycles. The van der Waals surface area contributed by atoms with Crippen molar-refractivity contribution in [3.8, 4) is 5.75 Å². The number of nitrogens with one attached hydrogen (secondary N) is 2. The Morgan fingerprint density at radius 3 is 2.64 bits per heavy atom. The first kappa shape index (κ1) is 35.7. The number of oxime groups is 1. The first-order chi connectivity index (χ1) is 22.4. The topological polar surface area (TPSA) is 158 Å². The van der Waals surface area contributed by atoms with Crippen molar-refractivity contribution in [1.29, 1.82) is 0 Å². The van der Waals surface area contributed by atoms with Crippen molar-refractivity contribution >= 4 is 69.4 Å². The van der Waals surface area contributed by atoms with Gasteiger partial charge in [-0.3, -0.25) is 19.8 Å². The first-order valence-corrected chi connectivity index (χ1v) is 16.6. The highest BCUT2D eigenvalue weighted by Gasteiger charge is 2.54. The molecule has 1 saturated heterocycles. The highest BCUT2D eigenvalue weighted by atomic mass is 35.5. The predicted molar refractivity (Wildman–Crippen MR) is 175 cm³/mol. The van der Waals surface area contributed by atoms with Crippen molar-refractivity contribution in [2.24, 2.45) is 5.16 Å². The van der Waals surface area contributed by atoms with E-state index in [4.69, 9.17) is 30.6 Å². The molecule has 0 unspecified atom stereocenters. The zero-order valence-corrected chi connectivity index (χ0v) is 28.3. The maximum absolute atomic E-state index is 13.5. The van der Waals surface area contributed by atoms with Gasteiger partial charge in [0.05, 0.1) is 7.11 Å². The van der Waals surface area contributed by atoms with Gasteiger partial charge in [-0.15, -0.1) is 34.7 Å². The van der Waals surface area contributed by atoms with Crippen LogP contribution in [0, 0.1) is 0 Å². The second-order valence-corrected chi connectivity index (χ2v) is 13.1. The number of esters is 1. The van der Waals surface area contributed by atoms with Gasteiger partial charge in [-0.1, -0.05) is 29.4 Å². The molecule has 3 amide bonds. The molecule has 0 radical (unpaired) electrons. The molecule has 1 aromatic carbocycles. The number of β-lactam (4-membered cyclic amide) rings is 1. The third kappa shape index (κ3) is 9.23. The van der Waals surface area contributed by atoms with E-state index in [1.807, 2.05) is 0 Å². The number of thiazole rings is 1. The number of rotatable bonds is 13. The summed E-state index contributed by atoms with van der Waals surface area (Å²) in [7, 11) is 1.55. The molecule has 4 rings (SSSR count). The average Bonchev–Trinajstić information content (AvgIpc) is 3.49. The fourth-order valence-electron chi connectivity index (χ4n) is 4.28. The van der Waals surface area contributed by atoms with Gasteiger partial charge in [-0.05, 0) is 44.0 Å². The Hall–Kier alpha value is -4.15. The Morgan fingerprint density at radius 1 is 1.23 bits per heavy atom. The molecule has 2 aromatic rings. The lowest BCUT2D eigenvalue weighted by molar-refractivity contribution is -0.153. The summed E-state index contributed by atoms with van der Waals surface area (Å²) in [6, 6.07) is 5.94. The van der Waals surface area contributed by atoms with Gasteiger partial charge in [0.25, 0.3) is 11.8 Å². The van der Waals surface area contributed by atoms with Crippen LogP contribution < -0.4 is 15.4 Å². The number of aromatic nitrogens is 1. The maximum atomic E-state index is 13.5. The van der Waals surface area contributed by atoms with Crippen LogP contribution in [0.2, 0.25) is 0 Å². The third-order valence-electron chi connectivity index (χ3n) is 6.31. The average molecular weight is 710 g/mol. The van der Waals surface area contributed by atoms with Crippen molar-refractivity contribution in [3.63, 3.8) is 0 Å². The number of methoxy groups -OCH3 is 1. The minimum Gasteiger partial charge on any atom is -0.497 e. The Kier molecular flexibility index (Phi) is 12.2. The number of halogens is 2. The molecule has 0 aliphatic carbocycles. The maximum Gasteiger partial charge on any atom is 0.413 e. The van der Waals surface area contributed by atoms with Crippen LogP contribution >= 0.6 is 34.7 Å². The summed E-state index contributed by atoms with van der Waals surface area (Å²) in [5.41, 5.74) is 0.220. The van der Waals surface area contributed by atoms with E-state index in [0.717, 1.165) is 11.3 Å². The van der Waals surface area contributed by atoms with E-state index in [9.17, 15) is 23.6 Å². The van der Waals surface area contributed by atoms with Gasteiger partial charge in [0, 0.05) is 17.0 Å². The molecule has 47 heavy (non-hydrogen) atoms. The molecule has 2 aliphatic rings. The zero-order chi connectivity index (χ0) is 34.1. The number of carbonyl (C=O) groups excluding carboxylic acids is 4. The molecular weight excluding hydrogens is 677 g/mol. The highest BCUT2D eigenvalue weighted by molar-refractivity contribution is 8.00. The molecular formula is C30H33ClFN5O8S2. The molecule has 2 N–H and O–H groups in total. The molecule has 252 valence electrons. The number of hydrogen-bond acceptors (Lipinski definition) is 12. The number of thioether (sulfide) groups is 1. The van der Waals surface area contributed by atoms with E-state index in [1.165, 1.54) is 22.0 Å². The number of ether oxygens (including phenoxy) is 3. The highest BCUT2D eigenvalue weighted by Crippen LogP contribution is 2.41. The number of fused-ring (bicyclic) bond motifs is 1. The van der Waals surface area contributed by atoms with Gasteiger partial charge in [0.1, 0.15) is 54.0 Å². The van der Waals surface area contributed by atoms with Crippen LogP contribution in [0.3, 0.4) is 0 Å². The number of alkyl halides is 2. The van der Waals surface area contributed by atoms with Crippen LogP contribution in [0.5, 0.6) is 5.75 Å². The molecule has 1 aromatic heterocycles. The molecule has 0 bridgehead atoms. The molecule has 1 fully saturated rings. The van der Waals surface area contributed by atoms with Gasteiger partial charge in [0.15, 0.2) is 10.8 Å². The monoisotopic (exact) mass is 709 g/mol. The zero-order valence-electron chi connectivity index (χ0n) is 25.9. The van der Waals surface area contributed by atoms with Crippen molar-refractivity contribution in [2.45, 2.75) is 44.4 Å². The van der Waals surface area contributed by atoms with Gasteiger partial charge in [0.2, 0.25) is 0 Å². The van der Waals surface area contributed by atoms with Crippen LogP contribution in [-0.4, -0.2) is 88.5 Å². The number of allylic oxidation sites excluding steroid dienone is 2. The predicted octanol–water partition coefficient (Wildman–Crippen LogP) is 4.38. The Labute approximate surface area is 283 Å². The summed E-state index contributed by atoms with van der Waals surface area (Å²) in [5.74, 6) is -0.940. The lowest BCUT2D eigenvalue weighted by atomic mass is 10.0. The van der Waals surface area contributed by atoms with Crippen LogP contribution in [-0.2, 0) is 35.3 Å². The van der Waals surface area contributed by atoms with Gasteiger partial charge in [-0.25, -0.2) is 19.0 Å². The second-order valence-electron chi connectivity index (χ2n) is 10.8. The van der Waals surface area contributed by atoms with E-state index < -0.39 is 54.2 Å². The lowest BCUT2D eigenvalue weighted by Gasteiger charge is -2.49. The van der Waals surface area contributed by atoms with E-state index in [0.29, 0.717) is 22.6 Å². The Morgan fingerprint density at radius 2 is 1.98 bits per heavy atom. The van der Waals surface area contributed by atoms with Crippen molar-refractivity contribution in [2.75, 3.05) is 37.3 Å². The van der Waals surface area contributed by atoms with Crippen molar-refractivity contribution in [1.82, 2.24) is 15.2 Å². The number of carbonyl (C=O) groups is 4. The summed E-state index contributed by atoms with van der Waals surface area (Å²) in [6.07, 6.45) is 2.56. The first-order valence-electron chi connectivity index (χ1n) is 14.2. The normalized spacial score (nSPS) is 18.0. The van der Waals surface area contributed by atoms with Gasteiger partial charge in [-0.2, -0.15) is 0 Å². The molecule has 13 nitrogen and oxygen atoms in total. The minimum absolute atomic E-state index is 0.00790. The number of amides is 3. The molecule has 2 atom stereocenters. The number of hydrogen-bond donors (Lipinski definition) is 2. The second kappa shape index (κ2) is 16.1. The number of nitrogens with zero attached hydrogens (tertiary/aromatic N) is 3. The smallest absolute Gasteiger partial charge is 0.413 e. The van der Waals surface area contributed by atoms with Crippen molar-refractivity contribution < 1.29 is 42.6 Å². The SMILES string of the molecule is COc1ccc(COC(=O)C2=C(/C=C/CCl)CS[C@@H]3[C@H](NC(=O)/C(=N\OCCF)c4csc(NC(=O)OC(C)(C)C)n4)C(=O)N23)cc1. The fourth-order valence-corrected chi connectivity index (χ4v) is 6.36. The Bertz CT molecular complexity index is 1570. The van der Waals surface area contributed by atoms with E-state index in [-0.39, 0.29) is 34.7 Å². The van der Waals surface area contributed by atoms with Crippen LogP contribution in [0.15, 0.2) is 58.2 Å². The van der Waals surface area contributed by atoms with Gasteiger partial charge >= 0.3 is 12.1 Å². The van der Waals surface area contributed by atoms with E-state index in [1.54, 1.807) is 64.3 Å². The minimum atomic E-state index is -1.04. The fraction of sp³-hybridized carbons (Fsp3) is 0.400. The molecule has 17 heteroatoms. The molecule has 2 aliphatic heterocycles.